The summed E-state index contributed by atoms with van der Waals surface area (Å²) in [6.07, 6.45) is 1.98. The fraction of sp³-hybridized carbons (Fsp3) is 0.455. The lowest BCUT2D eigenvalue weighted by Crippen LogP contribution is -2.46. The number of hydrogen-bond donors (Lipinski definition) is 0. The van der Waals surface area contributed by atoms with E-state index >= 15 is 0 Å². The molecule has 0 saturated heterocycles. The summed E-state index contributed by atoms with van der Waals surface area (Å²) >= 11 is 3.41. The molecule has 5 nitrogen and oxygen atoms in total. The van der Waals surface area contributed by atoms with Gasteiger partial charge in [0.15, 0.2) is 0 Å². The molecule has 28 heavy (non-hydrogen) atoms. The minimum absolute atomic E-state index is 0.0352. The number of benzene rings is 1. The van der Waals surface area contributed by atoms with E-state index in [1.54, 1.807) is 17.0 Å². The van der Waals surface area contributed by atoms with Crippen molar-refractivity contribution in [1.29, 1.82) is 0 Å². The summed E-state index contributed by atoms with van der Waals surface area (Å²) in [6.45, 7) is 9.33. The summed E-state index contributed by atoms with van der Waals surface area (Å²) < 4.78 is 2.87. The van der Waals surface area contributed by atoms with Crippen molar-refractivity contribution in [1.82, 2.24) is 14.4 Å². The Morgan fingerprint density at radius 1 is 1.11 bits per heavy atom. The SMILES string of the molecule is CC(C)CN(Cc1cccn1C)C(=O)CN(C(=O)c1cccc(Br)c1)C(C)C. The molecule has 2 aromatic rings. The summed E-state index contributed by atoms with van der Waals surface area (Å²) in [4.78, 5) is 29.7. The largest absolute Gasteiger partial charge is 0.353 e. The normalized spacial score (nSPS) is 11.1. The van der Waals surface area contributed by atoms with E-state index in [4.69, 9.17) is 0 Å². The average molecular weight is 448 g/mol. The third kappa shape index (κ3) is 5.96. The second kappa shape index (κ2) is 9.92. The van der Waals surface area contributed by atoms with Crippen LogP contribution in [-0.4, -0.2) is 45.3 Å². The van der Waals surface area contributed by atoms with Gasteiger partial charge in [0, 0.05) is 41.6 Å². The number of aromatic nitrogens is 1. The Hall–Kier alpha value is -2.08. The van der Waals surface area contributed by atoms with Crippen LogP contribution in [0.3, 0.4) is 0 Å². The first-order valence-corrected chi connectivity index (χ1v) is 10.4. The number of halogens is 1. The van der Waals surface area contributed by atoms with Crippen LogP contribution in [0.15, 0.2) is 47.1 Å². The molecule has 1 aromatic heterocycles. The van der Waals surface area contributed by atoms with E-state index in [0.717, 1.165) is 10.2 Å². The molecule has 0 aliphatic carbocycles. The predicted octanol–water partition coefficient (Wildman–Crippen LogP) is 4.32. The Morgan fingerprint density at radius 3 is 2.36 bits per heavy atom. The van der Waals surface area contributed by atoms with Crippen molar-refractivity contribution in [3.05, 3.63) is 58.3 Å². The van der Waals surface area contributed by atoms with Gasteiger partial charge in [0.25, 0.3) is 5.91 Å². The molecular weight excluding hydrogens is 418 g/mol. The topological polar surface area (TPSA) is 45.6 Å². The van der Waals surface area contributed by atoms with Crippen molar-refractivity contribution in [2.24, 2.45) is 13.0 Å². The van der Waals surface area contributed by atoms with Crippen molar-refractivity contribution in [2.75, 3.05) is 13.1 Å². The van der Waals surface area contributed by atoms with Gasteiger partial charge in [0.1, 0.15) is 6.54 Å². The van der Waals surface area contributed by atoms with Crippen LogP contribution in [-0.2, 0) is 18.4 Å². The molecule has 0 bridgehead atoms. The zero-order chi connectivity index (χ0) is 20.8. The van der Waals surface area contributed by atoms with E-state index in [2.05, 4.69) is 29.8 Å². The van der Waals surface area contributed by atoms with Crippen LogP contribution in [0.1, 0.15) is 43.7 Å². The molecule has 0 aliphatic rings. The highest BCUT2D eigenvalue weighted by atomic mass is 79.9. The molecule has 1 aromatic carbocycles. The molecule has 0 radical (unpaired) electrons. The number of nitrogens with zero attached hydrogens (tertiary/aromatic N) is 3. The first-order valence-electron chi connectivity index (χ1n) is 9.63. The molecule has 0 fully saturated rings. The second-order valence-electron chi connectivity index (χ2n) is 7.82. The molecule has 0 saturated carbocycles. The molecule has 2 amide bonds. The zero-order valence-electron chi connectivity index (χ0n) is 17.4. The van der Waals surface area contributed by atoms with Crippen molar-refractivity contribution in [2.45, 2.75) is 40.3 Å². The molecule has 0 N–H and O–H groups in total. The molecule has 2 rings (SSSR count). The number of aryl methyl sites for hydroxylation is 1. The maximum atomic E-state index is 13.1. The number of hydrogen-bond acceptors (Lipinski definition) is 2. The number of rotatable bonds is 8. The van der Waals surface area contributed by atoms with Crippen molar-refractivity contribution < 1.29 is 9.59 Å². The maximum Gasteiger partial charge on any atom is 0.254 e. The van der Waals surface area contributed by atoms with Gasteiger partial charge in [-0.25, -0.2) is 0 Å². The van der Waals surface area contributed by atoms with E-state index < -0.39 is 0 Å². The number of amides is 2. The lowest BCUT2D eigenvalue weighted by molar-refractivity contribution is -0.133. The van der Waals surface area contributed by atoms with Crippen molar-refractivity contribution in [3.63, 3.8) is 0 Å². The maximum absolute atomic E-state index is 13.1. The van der Waals surface area contributed by atoms with Crippen molar-refractivity contribution >= 4 is 27.7 Å². The summed E-state index contributed by atoms with van der Waals surface area (Å²) in [5.74, 6) is 0.178. The van der Waals surface area contributed by atoms with Crippen LogP contribution >= 0.6 is 15.9 Å². The quantitative estimate of drug-likeness (QED) is 0.604. The summed E-state index contributed by atoms with van der Waals surface area (Å²) in [7, 11) is 1.98. The van der Waals surface area contributed by atoms with Crippen LogP contribution in [0.4, 0.5) is 0 Å². The van der Waals surface area contributed by atoms with Gasteiger partial charge in [-0.1, -0.05) is 35.8 Å². The van der Waals surface area contributed by atoms with Crippen LogP contribution in [0.5, 0.6) is 0 Å². The fourth-order valence-electron chi connectivity index (χ4n) is 3.07. The number of carbonyl (C=O) groups is 2. The molecular formula is C22H30BrN3O2. The van der Waals surface area contributed by atoms with Crippen LogP contribution in [0.2, 0.25) is 0 Å². The summed E-state index contributed by atoms with van der Waals surface area (Å²) in [6, 6.07) is 11.2. The van der Waals surface area contributed by atoms with Gasteiger partial charge >= 0.3 is 0 Å². The highest BCUT2D eigenvalue weighted by molar-refractivity contribution is 9.10. The first kappa shape index (κ1) is 22.2. The Bertz CT molecular complexity index is 814. The first-order chi connectivity index (χ1) is 13.2. The molecule has 152 valence electrons. The van der Waals surface area contributed by atoms with Crippen LogP contribution in [0.25, 0.3) is 0 Å². The third-order valence-corrected chi connectivity index (χ3v) is 5.10. The molecule has 0 spiro atoms. The Balaban J connectivity index is 2.19. The third-order valence-electron chi connectivity index (χ3n) is 4.60. The zero-order valence-corrected chi connectivity index (χ0v) is 18.9. The lowest BCUT2D eigenvalue weighted by atomic mass is 10.1. The lowest BCUT2D eigenvalue weighted by Gasteiger charge is -2.31. The predicted molar refractivity (Wildman–Crippen MR) is 116 cm³/mol. The van der Waals surface area contributed by atoms with E-state index in [1.807, 2.05) is 60.8 Å². The minimum Gasteiger partial charge on any atom is -0.353 e. The molecule has 6 heteroatoms. The monoisotopic (exact) mass is 447 g/mol. The van der Waals surface area contributed by atoms with Gasteiger partial charge in [0.2, 0.25) is 5.91 Å². The van der Waals surface area contributed by atoms with E-state index in [9.17, 15) is 9.59 Å². The molecule has 0 atom stereocenters. The van der Waals surface area contributed by atoms with Crippen molar-refractivity contribution in [3.8, 4) is 0 Å². The second-order valence-corrected chi connectivity index (χ2v) is 8.73. The van der Waals surface area contributed by atoms with Gasteiger partial charge in [-0.3, -0.25) is 9.59 Å². The molecule has 1 heterocycles. The highest BCUT2D eigenvalue weighted by Crippen LogP contribution is 2.16. The van der Waals surface area contributed by atoms with Gasteiger partial charge in [-0.2, -0.15) is 0 Å². The fourth-order valence-corrected chi connectivity index (χ4v) is 3.47. The van der Waals surface area contributed by atoms with E-state index in [-0.39, 0.29) is 24.4 Å². The van der Waals surface area contributed by atoms with Crippen LogP contribution in [0, 0.1) is 5.92 Å². The molecule has 0 aliphatic heterocycles. The average Bonchev–Trinajstić information content (AvgIpc) is 3.02. The Kier molecular flexibility index (Phi) is 7.87. The van der Waals surface area contributed by atoms with Gasteiger partial charge in [-0.05, 0) is 50.1 Å². The van der Waals surface area contributed by atoms with E-state index in [1.165, 1.54) is 0 Å². The number of carbonyl (C=O) groups excluding carboxylic acids is 2. The standard InChI is InChI=1S/C22H30BrN3O2/c1-16(2)13-25(14-20-10-7-11-24(20)5)21(27)15-26(17(3)4)22(28)18-8-6-9-19(23)12-18/h6-12,16-17H,13-15H2,1-5H3. The van der Waals surface area contributed by atoms with Gasteiger partial charge in [-0.15, -0.1) is 0 Å². The Labute approximate surface area is 176 Å². The van der Waals surface area contributed by atoms with E-state index in [0.29, 0.717) is 24.6 Å². The smallest absolute Gasteiger partial charge is 0.254 e. The summed E-state index contributed by atoms with van der Waals surface area (Å²) in [5.41, 5.74) is 1.65. The molecule has 0 unspecified atom stereocenters. The summed E-state index contributed by atoms with van der Waals surface area (Å²) in [5, 5.41) is 0. The van der Waals surface area contributed by atoms with Crippen LogP contribution < -0.4 is 0 Å². The van der Waals surface area contributed by atoms with Gasteiger partial charge in [0.05, 0.1) is 6.54 Å². The highest BCUT2D eigenvalue weighted by Gasteiger charge is 2.25. The Morgan fingerprint density at radius 2 is 1.82 bits per heavy atom. The minimum atomic E-state index is -0.131. The van der Waals surface area contributed by atoms with Gasteiger partial charge < -0.3 is 14.4 Å².